The number of carbonyl (C=O) groups excluding carboxylic acids is 1. The predicted octanol–water partition coefficient (Wildman–Crippen LogP) is 1.03. The maximum atomic E-state index is 12.2. The fourth-order valence-electron chi connectivity index (χ4n) is 3.00. The molecule has 6 heteroatoms. The normalized spacial score (nSPS) is 33.6. The molecule has 4 atom stereocenters. The Morgan fingerprint density at radius 3 is 2.70 bits per heavy atom. The Morgan fingerprint density at radius 2 is 2.15 bits per heavy atom. The minimum Gasteiger partial charge on any atom is -0.480 e. The molecular formula is C14H23NO5. The van der Waals surface area contributed by atoms with Gasteiger partial charge in [-0.15, -0.1) is 0 Å². The van der Waals surface area contributed by atoms with E-state index in [1.165, 1.54) is 4.90 Å². The number of rotatable bonds is 5. The quantitative estimate of drug-likeness (QED) is 0.816. The SMILES string of the molecule is COC1CC(C(=O)O)N(C(=O)CCC2CCC(C)O2)C1. The molecule has 0 aromatic rings. The van der Waals surface area contributed by atoms with Crippen LogP contribution >= 0.6 is 0 Å². The van der Waals surface area contributed by atoms with E-state index in [0.717, 1.165) is 12.8 Å². The van der Waals surface area contributed by atoms with Crippen molar-refractivity contribution in [1.82, 2.24) is 4.90 Å². The van der Waals surface area contributed by atoms with Gasteiger partial charge in [0.25, 0.3) is 0 Å². The lowest BCUT2D eigenvalue weighted by molar-refractivity contribution is -0.148. The largest absolute Gasteiger partial charge is 0.480 e. The van der Waals surface area contributed by atoms with Gasteiger partial charge in [0.1, 0.15) is 6.04 Å². The van der Waals surface area contributed by atoms with E-state index in [0.29, 0.717) is 25.8 Å². The number of nitrogens with zero attached hydrogens (tertiary/aromatic N) is 1. The summed E-state index contributed by atoms with van der Waals surface area (Å²) < 4.78 is 10.9. The van der Waals surface area contributed by atoms with Crippen molar-refractivity contribution < 1.29 is 24.2 Å². The fraction of sp³-hybridized carbons (Fsp3) is 0.857. The predicted molar refractivity (Wildman–Crippen MR) is 71.4 cm³/mol. The molecule has 2 fully saturated rings. The van der Waals surface area contributed by atoms with Gasteiger partial charge >= 0.3 is 5.97 Å². The van der Waals surface area contributed by atoms with Gasteiger partial charge in [-0.2, -0.15) is 0 Å². The summed E-state index contributed by atoms with van der Waals surface area (Å²) >= 11 is 0. The van der Waals surface area contributed by atoms with E-state index in [1.54, 1.807) is 7.11 Å². The number of hydrogen-bond acceptors (Lipinski definition) is 4. The summed E-state index contributed by atoms with van der Waals surface area (Å²) in [6, 6.07) is -0.754. The Hall–Kier alpha value is -1.14. The highest BCUT2D eigenvalue weighted by atomic mass is 16.5. The van der Waals surface area contributed by atoms with Crippen LogP contribution in [0.1, 0.15) is 39.0 Å². The Labute approximate surface area is 119 Å². The zero-order valence-electron chi connectivity index (χ0n) is 12.1. The van der Waals surface area contributed by atoms with Crippen LogP contribution in [0, 0.1) is 0 Å². The molecule has 2 heterocycles. The summed E-state index contributed by atoms with van der Waals surface area (Å²) in [7, 11) is 1.55. The average molecular weight is 285 g/mol. The number of ether oxygens (including phenoxy) is 2. The molecule has 0 spiro atoms. The molecule has 0 saturated carbocycles. The third kappa shape index (κ3) is 3.49. The maximum Gasteiger partial charge on any atom is 0.326 e. The molecule has 2 saturated heterocycles. The van der Waals surface area contributed by atoms with Crippen molar-refractivity contribution >= 4 is 11.9 Å². The van der Waals surface area contributed by atoms with Gasteiger partial charge in [0, 0.05) is 26.5 Å². The lowest BCUT2D eigenvalue weighted by Gasteiger charge is -2.22. The van der Waals surface area contributed by atoms with Crippen LogP contribution in [-0.4, -0.2) is 59.9 Å². The second-order valence-corrected chi connectivity index (χ2v) is 5.68. The summed E-state index contributed by atoms with van der Waals surface area (Å²) in [5.74, 6) is -1.07. The molecule has 2 aliphatic heterocycles. The number of carboxylic acid groups (broad SMARTS) is 1. The summed E-state index contributed by atoms with van der Waals surface area (Å²) in [5, 5.41) is 9.19. The van der Waals surface area contributed by atoms with Crippen LogP contribution in [0.2, 0.25) is 0 Å². The number of likely N-dealkylation sites (tertiary alicyclic amines) is 1. The first kappa shape index (κ1) is 15.3. The third-order valence-corrected chi connectivity index (χ3v) is 4.20. The Morgan fingerprint density at radius 1 is 1.40 bits per heavy atom. The molecule has 1 amide bonds. The second kappa shape index (κ2) is 6.54. The van der Waals surface area contributed by atoms with Gasteiger partial charge in [0.15, 0.2) is 0 Å². The van der Waals surface area contributed by atoms with Crippen LogP contribution in [0.15, 0.2) is 0 Å². The molecule has 0 aromatic heterocycles. The average Bonchev–Trinajstić information content (AvgIpc) is 3.02. The molecule has 0 radical (unpaired) electrons. The molecule has 2 rings (SSSR count). The number of carbonyl (C=O) groups is 2. The lowest BCUT2D eigenvalue weighted by Crippen LogP contribution is -2.40. The van der Waals surface area contributed by atoms with Crippen LogP contribution in [0.25, 0.3) is 0 Å². The van der Waals surface area contributed by atoms with Crippen LogP contribution in [0.3, 0.4) is 0 Å². The molecule has 20 heavy (non-hydrogen) atoms. The van der Waals surface area contributed by atoms with Gasteiger partial charge in [-0.3, -0.25) is 4.79 Å². The van der Waals surface area contributed by atoms with Crippen LogP contribution in [0.5, 0.6) is 0 Å². The Balaban J connectivity index is 1.85. The van der Waals surface area contributed by atoms with Crippen molar-refractivity contribution in [3.8, 4) is 0 Å². The molecule has 0 aromatic carbocycles. The van der Waals surface area contributed by atoms with E-state index in [2.05, 4.69) is 0 Å². The van der Waals surface area contributed by atoms with E-state index < -0.39 is 12.0 Å². The van der Waals surface area contributed by atoms with Crippen LogP contribution in [-0.2, 0) is 19.1 Å². The van der Waals surface area contributed by atoms with Crippen molar-refractivity contribution in [1.29, 1.82) is 0 Å². The molecule has 0 bridgehead atoms. The van der Waals surface area contributed by atoms with Crippen LogP contribution < -0.4 is 0 Å². The molecule has 4 unspecified atom stereocenters. The Kier molecular flexibility index (Phi) is 4.99. The van der Waals surface area contributed by atoms with Crippen molar-refractivity contribution in [2.24, 2.45) is 0 Å². The smallest absolute Gasteiger partial charge is 0.326 e. The summed E-state index contributed by atoms with van der Waals surface area (Å²) in [6.07, 6.45) is 3.63. The topological polar surface area (TPSA) is 76.1 Å². The van der Waals surface area contributed by atoms with E-state index >= 15 is 0 Å². The van der Waals surface area contributed by atoms with Crippen molar-refractivity contribution in [2.45, 2.75) is 63.4 Å². The van der Waals surface area contributed by atoms with Gasteiger partial charge in [-0.25, -0.2) is 4.79 Å². The fourth-order valence-corrected chi connectivity index (χ4v) is 3.00. The van der Waals surface area contributed by atoms with E-state index in [1.807, 2.05) is 6.92 Å². The summed E-state index contributed by atoms with van der Waals surface area (Å²) in [5.41, 5.74) is 0. The number of carboxylic acids is 1. The highest BCUT2D eigenvalue weighted by Crippen LogP contribution is 2.25. The molecule has 0 aliphatic carbocycles. The number of methoxy groups -OCH3 is 1. The highest BCUT2D eigenvalue weighted by molar-refractivity contribution is 5.84. The van der Waals surface area contributed by atoms with Gasteiger partial charge in [0.2, 0.25) is 5.91 Å². The van der Waals surface area contributed by atoms with Crippen molar-refractivity contribution in [3.05, 3.63) is 0 Å². The second-order valence-electron chi connectivity index (χ2n) is 5.68. The van der Waals surface area contributed by atoms with Gasteiger partial charge in [-0.1, -0.05) is 0 Å². The number of aliphatic carboxylic acids is 1. The van der Waals surface area contributed by atoms with Gasteiger partial charge < -0.3 is 19.5 Å². The summed E-state index contributed by atoms with van der Waals surface area (Å²) in [4.78, 5) is 24.9. The third-order valence-electron chi connectivity index (χ3n) is 4.20. The van der Waals surface area contributed by atoms with Crippen LogP contribution in [0.4, 0.5) is 0 Å². The molecule has 2 aliphatic rings. The van der Waals surface area contributed by atoms with E-state index in [4.69, 9.17) is 9.47 Å². The highest BCUT2D eigenvalue weighted by Gasteiger charge is 2.39. The van der Waals surface area contributed by atoms with E-state index in [-0.39, 0.29) is 24.2 Å². The zero-order valence-corrected chi connectivity index (χ0v) is 12.1. The first-order valence-corrected chi connectivity index (χ1v) is 7.21. The molecule has 6 nitrogen and oxygen atoms in total. The first-order valence-electron chi connectivity index (χ1n) is 7.21. The molecule has 114 valence electrons. The minimum atomic E-state index is -0.955. The zero-order chi connectivity index (χ0) is 14.7. The number of amides is 1. The van der Waals surface area contributed by atoms with Gasteiger partial charge in [0.05, 0.1) is 18.3 Å². The van der Waals surface area contributed by atoms with Gasteiger partial charge in [-0.05, 0) is 26.2 Å². The molecule has 1 N–H and O–H groups in total. The maximum absolute atomic E-state index is 12.2. The van der Waals surface area contributed by atoms with E-state index in [9.17, 15) is 14.7 Å². The molecular weight excluding hydrogens is 262 g/mol. The number of hydrogen-bond donors (Lipinski definition) is 1. The van der Waals surface area contributed by atoms with Crippen molar-refractivity contribution in [2.75, 3.05) is 13.7 Å². The standard InChI is InChI=1S/C14H23NO5/c1-9-3-4-10(20-9)5-6-13(16)15-8-11(19-2)7-12(15)14(17)18/h9-12H,3-8H2,1-2H3,(H,17,18). The minimum absolute atomic E-state index is 0.111. The Bertz CT molecular complexity index is 373. The lowest BCUT2D eigenvalue weighted by atomic mass is 10.1. The summed E-state index contributed by atoms with van der Waals surface area (Å²) in [6.45, 7) is 2.40. The van der Waals surface area contributed by atoms with Crippen molar-refractivity contribution in [3.63, 3.8) is 0 Å². The monoisotopic (exact) mass is 285 g/mol. The first-order chi connectivity index (χ1) is 9.51.